The van der Waals surface area contributed by atoms with Crippen LogP contribution in [0.4, 0.5) is 5.69 Å². The Bertz CT molecular complexity index is 729. The van der Waals surface area contributed by atoms with Crippen LogP contribution in [0, 0.1) is 0 Å². The highest BCUT2D eigenvalue weighted by Gasteiger charge is 2.24. The van der Waals surface area contributed by atoms with Crippen LogP contribution in [-0.4, -0.2) is 32.2 Å². The van der Waals surface area contributed by atoms with E-state index >= 15 is 0 Å². The van der Waals surface area contributed by atoms with Crippen molar-refractivity contribution in [1.82, 2.24) is 4.31 Å². The quantitative estimate of drug-likeness (QED) is 0.855. The molecule has 0 spiro atoms. The predicted octanol–water partition coefficient (Wildman–Crippen LogP) is 2.77. The zero-order chi connectivity index (χ0) is 15.5. The average molecular weight is 389 g/mol. The van der Waals surface area contributed by atoms with Gasteiger partial charge in [0.2, 0.25) is 5.91 Å². The zero-order valence-electron chi connectivity index (χ0n) is 11.1. The van der Waals surface area contributed by atoms with Crippen LogP contribution in [0.5, 0.6) is 0 Å². The number of halogens is 1. The van der Waals surface area contributed by atoms with Crippen molar-refractivity contribution < 1.29 is 13.2 Å². The predicted molar refractivity (Wildman–Crippen MR) is 86.9 cm³/mol. The molecule has 2 aromatic rings. The molecule has 0 radical (unpaired) electrons. The molecule has 112 valence electrons. The van der Waals surface area contributed by atoms with Crippen LogP contribution in [0.25, 0.3) is 0 Å². The van der Waals surface area contributed by atoms with Crippen molar-refractivity contribution in [3.63, 3.8) is 0 Å². The lowest BCUT2D eigenvalue weighted by Gasteiger charge is -2.15. The third kappa shape index (κ3) is 4.13. The molecule has 1 heterocycles. The Morgan fingerprint density at radius 1 is 1.24 bits per heavy atom. The number of sulfonamides is 1. The van der Waals surface area contributed by atoms with Gasteiger partial charge in [0, 0.05) is 12.7 Å². The summed E-state index contributed by atoms with van der Waals surface area (Å²) in [6.45, 7) is -0.243. The van der Waals surface area contributed by atoms with Gasteiger partial charge in [-0.15, -0.1) is 11.3 Å². The Morgan fingerprint density at radius 3 is 2.48 bits per heavy atom. The maximum atomic E-state index is 12.3. The van der Waals surface area contributed by atoms with Crippen molar-refractivity contribution in [3.8, 4) is 0 Å². The zero-order valence-corrected chi connectivity index (χ0v) is 14.3. The third-order valence-corrected chi connectivity index (χ3v) is 6.53. The van der Waals surface area contributed by atoms with Gasteiger partial charge in [0.25, 0.3) is 10.0 Å². The minimum absolute atomic E-state index is 0.199. The van der Waals surface area contributed by atoms with Crippen LogP contribution < -0.4 is 5.32 Å². The molecular formula is C13H13BrN2O3S2. The number of nitrogens with one attached hydrogen (secondary N) is 1. The summed E-state index contributed by atoms with van der Waals surface area (Å²) in [6, 6.07) is 12.1. The monoisotopic (exact) mass is 388 g/mol. The second-order valence-corrected chi connectivity index (χ2v) is 8.97. The minimum Gasteiger partial charge on any atom is -0.325 e. The van der Waals surface area contributed by atoms with E-state index in [9.17, 15) is 13.2 Å². The number of likely N-dealkylation sites (N-methyl/N-ethyl adjacent to an activating group) is 1. The fraction of sp³-hybridized carbons (Fsp3) is 0.154. The van der Waals surface area contributed by atoms with E-state index in [1.165, 1.54) is 13.1 Å². The van der Waals surface area contributed by atoms with Gasteiger partial charge in [-0.25, -0.2) is 8.42 Å². The van der Waals surface area contributed by atoms with Crippen molar-refractivity contribution in [2.45, 2.75) is 4.21 Å². The van der Waals surface area contributed by atoms with Crippen LogP contribution in [0.1, 0.15) is 0 Å². The topological polar surface area (TPSA) is 66.5 Å². The van der Waals surface area contributed by atoms with E-state index in [0.29, 0.717) is 5.69 Å². The second-order valence-electron chi connectivity index (χ2n) is 4.23. The fourth-order valence-corrected chi connectivity index (χ4v) is 4.95. The molecule has 1 N–H and O–H groups in total. The largest absolute Gasteiger partial charge is 0.325 e. The Balaban J connectivity index is 2.04. The second kappa shape index (κ2) is 6.69. The molecule has 0 unspecified atom stereocenters. The summed E-state index contributed by atoms with van der Waals surface area (Å²) in [5, 5.41) is 2.65. The van der Waals surface area contributed by atoms with Gasteiger partial charge in [-0.05, 0) is 40.2 Å². The molecule has 0 aliphatic rings. The molecule has 0 aliphatic heterocycles. The van der Waals surface area contributed by atoms with E-state index in [0.717, 1.165) is 19.4 Å². The number of hydrogen-bond donors (Lipinski definition) is 1. The van der Waals surface area contributed by atoms with Crippen LogP contribution in [0.15, 0.2) is 50.5 Å². The molecule has 2 rings (SSSR count). The number of benzene rings is 1. The first kappa shape index (κ1) is 16.2. The summed E-state index contributed by atoms with van der Waals surface area (Å²) < 4.78 is 26.5. The summed E-state index contributed by atoms with van der Waals surface area (Å²) in [5.74, 6) is -0.386. The van der Waals surface area contributed by atoms with Gasteiger partial charge in [0.1, 0.15) is 4.21 Å². The lowest BCUT2D eigenvalue weighted by Crippen LogP contribution is -2.34. The number of thiophene rings is 1. The molecule has 0 bridgehead atoms. The molecule has 1 aromatic heterocycles. The van der Waals surface area contributed by atoms with Gasteiger partial charge < -0.3 is 5.32 Å². The van der Waals surface area contributed by atoms with Crippen LogP contribution in [-0.2, 0) is 14.8 Å². The van der Waals surface area contributed by atoms with Crippen LogP contribution >= 0.6 is 27.3 Å². The number of anilines is 1. The molecule has 0 saturated heterocycles. The molecular weight excluding hydrogens is 376 g/mol. The first-order valence-corrected chi connectivity index (χ1v) is 9.01. The number of rotatable bonds is 5. The maximum Gasteiger partial charge on any atom is 0.252 e. The van der Waals surface area contributed by atoms with Crippen molar-refractivity contribution in [2.75, 3.05) is 18.9 Å². The lowest BCUT2D eigenvalue weighted by atomic mass is 10.3. The number of hydrogen-bond acceptors (Lipinski definition) is 4. The van der Waals surface area contributed by atoms with E-state index in [1.54, 1.807) is 30.3 Å². The van der Waals surface area contributed by atoms with Crippen molar-refractivity contribution in [3.05, 3.63) is 46.3 Å². The summed E-state index contributed by atoms with van der Waals surface area (Å²) >= 11 is 4.33. The first-order chi connectivity index (χ1) is 9.89. The number of carbonyl (C=O) groups is 1. The molecule has 1 aromatic carbocycles. The molecule has 0 fully saturated rings. The highest BCUT2D eigenvalue weighted by atomic mass is 79.9. The lowest BCUT2D eigenvalue weighted by molar-refractivity contribution is -0.116. The van der Waals surface area contributed by atoms with E-state index in [4.69, 9.17) is 0 Å². The fourth-order valence-electron chi connectivity index (χ4n) is 1.60. The highest BCUT2D eigenvalue weighted by molar-refractivity contribution is 9.11. The number of para-hydroxylation sites is 1. The van der Waals surface area contributed by atoms with Crippen molar-refractivity contribution in [1.29, 1.82) is 0 Å². The van der Waals surface area contributed by atoms with Gasteiger partial charge >= 0.3 is 0 Å². The maximum absolute atomic E-state index is 12.3. The van der Waals surface area contributed by atoms with Gasteiger partial charge in [0.05, 0.1) is 10.3 Å². The minimum atomic E-state index is -3.64. The normalized spacial score (nSPS) is 11.6. The Hall–Kier alpha value is -1.22. The molecule has 1 amide bonds. The van der Waals surface area contributed by atoms with Crippen LogP contribution in [0.2, 0.25) is 0 Å². The Morgan fingerprint density at radius 2 is 1.90 bits per heavy atom. The van der Waals surface area contributed by atoms with E-state index in [1.807, 2.05) is 6.07 Å². The van der Waals surface area contributed by atoms with Gasteiger partial charge in [-0.1, -0.05) is 18.2 Å². The molecule has 8 heteroatoms. The summed E-state index contributed by atoms with van der Waals surface area (Å²) in [6.07, 6.45) is 0. The third-order valence-electron chi connectivity index (χ3n) is 2.64. The Kier molecular flexibility index (Phi) is 5.15. The summed E-state index contributed by atoms with van der Waals surface area (Å²) in [4.78, 5) is 11.9. The molecule has 21 heavy (non-hydrogen) atoms. The van der Waals surface area contributed by atoms with Gasteiger partial charge in [0.15, 0.2) is 0 Å². The number of carbonyl (C=O) groups excluding carboxylic acids is 1. The van der Waals surface area contributed by atoms with Gasteiger partial charge in [-0.2, -0.15) is 4.31 Å². The molecule has 0 saturated carbocycles. The Labute approximate surface area is 135 Å². The average Bonchev–Trinajstić information content (AvgIpc) is 2.87. The SMILES string of the molecule is CN(CC(=O)Nc1ccccc1)S(=O)(=O)c1ccc(Br)s1. The number of amides is 1. The van der Waals surface area contributed by atoms with E-state index in [2.05, 4.69) is 21.2 Å². The van der Waals surface area contributed by atoms with Crippen molar-refractivity contribution >= 4 is 48.9 Å². The van der Waals surface area contributed by atoms with Gasteiger partial charge in [-0.3, -0.25) is 4.79 Å². The molecule has 0 aliphatic carbocycles. The van der Waals surface area contributed by atoms with E-state index < -0.39 is 10.0 Å². The summed E-state index contributed by atoms with van der Waals surface area (Å²) in [7, 11) is -2.26. The molecule has 5 nitrogen and oxygen atoms in total. The first-order valence-electron chi connectivity index (χ1n) is 5.96. The molecule has 0 atom stereocenters. The highest BCUT2D eigenvalue weighted by Crippen LogP contribution is 2.27. The number of nitrogens with zero attached hydrogens (tertiary/aromatic N) is 1. The van der Waals surface area contributed by atoms with Crippen LogP contribution in [0.3, 0.4) is 0 Å². The van der Waals surface area contributed by atoms with E-state index in [-0.39, 0.29) is 16.7 Å². The summed E-state index contributed by atoms with van der Waals surface area (Å²) in [5.41, 5.74) is 0.632. The smallest absolute Gasteiger partial charge is 0.252 e. The van der Waals surface area contributed by atoms with Crippen molar-refractivity contribution in [2.24, 2.45) is 0 Å². The standard InChI is InChI=1S/C13H13BrN2O3S2/c1-16(21(18,19)13-8-7-11(14)20-13)9-12(17)15-10-5-3-2-4-6-10/h2-8H,9H2,1H3,(H,15,17).